The lowest BCUT2D eigenvalue weighted by Crippen LogP contribution is -2.33. The molecule has 0 aliphatic rings. The molecule has 0 spiro atoms. The van der Waals surface area contributed by atoms with Gasteiger partial charge in [0.15, 0.2) is 0 Å². The first-order valence-corrected chi connectivity index (χ1v) is 8.05. The van der Waals surface area contributed by atoms with Gasteiger partial charge in [0.1, 0.15) is 10.7 Å². The Hall–Kier alpha value is -0.500. The number of rotatable bonds is 5. The van der Waals surface area contributed by atoms with Gasteiger partial charge in [-0.15, -0.1) is 0 Å². The Labute approximate surface area is 122 Å². The van der Waals surface area contributed by atoms with Gasteiger partial charge in [0, 0.05) is 29.7 Å². The van der Waals surface area contributed by atoms with Gasteiger partial charge < -0.3 is 5.32 Å². The lowest BCUT2D eigenvalue weighted by Gasteiger charge is -2.22. The summed E-state index contributed by atoms with van der Waals surface area (Å²) in [7, 11) is -0.714. The van der Waals surface area contributed by atoms with Gasteiger partial charge in [0.05, 0.1) is 0 Å². The third-order valence-corrected chi connectivity index (χ3v) is 5.32. The summed E-state index contributed by atoms with van der Waals surface area (Å²) >= 11 is 3.22. The highest BCUT2D eigenvalue weighted by Gasteiger charge is 2.28. The molecule has 0 saturated carbocycles. The second-order valence-electron chi connectivity index (χ2n) is 4.52. The fourth-order valence-corrected chi connectivity index (χ4v) is 3.71. The lowest BCUT2D eigenvalue weighted by atomic mass is 10.2. The second-order valence-corrected chi connectivity index (χ2v) is 7.40. The van der Waals surface area contributed by atoms with E-state index in [-0.39, 0.29) is 17.5 Å². The molecule has 0 radical (unpaired) electrons. The first kappa shape index (κ1) is 16.6. The maximum absolute atomic E-state index is 14.3. The summed E-state index contributed by atoms with van der Waals surface area (Å²) < 4.78 is 40.7. The monoisotopic (exact) mass is 352 g/mol. The molecule has 1 N–H and O–H groups in total. The van der Waals surface area contributed by atoms with E-state index in [0.29, 0.717) is 10.0 Å². The molecule has 0 atom stereocenters. The normalized spacial score (nSPS) is 12.4. The number of hydrogen-bond donors (Lipinski definition) is 1. The van der Waals surface area contributed by atoms with E-state index in [1.807, 2.05) is 0 Å². The fourth-order valence-electron chi connectivity index (χ4n) is 1.56. The highest BCUT2D eigenvalue weighted by molar-refractivity contribution is 9.10. The Balaban J connectivity index is 3.42. The van der Waals surface area contributed by atoms with E-state index in [1.54, 1.807) is 27.0 Å². The van der Waals surface area contributed by atoms with Crippen LogP contribution < -0.4 is 5.32 Å². The summed E-state index contributed by atoms with van der Waals surface area (Å²) in [5.41, 5.74) is 0.313. The van der Waals surface area contributed by atoms with E-state index in [2.05, 4.69) is 21.2 Å². The minimum atomic E-state index is -3.83. The van der Waals surface area contributed by atoms with Crippen molar-refractivity contribution in [3.63, 3.8) is 0 Å². The van der Waals surface area contributed by atoms with Gasteiger partial charge in [-0.3, -0.25) is 0 Å². The average molecular weight is 353 g/mol. The summed E-state index contributed by atoms with van der Waals surface area (Å²) in [5.74, 6) is -0.704. The molecule has 0 aliphatic carbocycles. The number of sulfonamides is 1. The Morgan fingerprint density at radius 2 is 2.00 bits per heavy atom. The van der Waals surface area contributed by atoms with Crippen LogP contribution in [0, 0.1) is 5.82 Å². The molecule has 1 aromatic carbocycles. The zero-order valence-electron chi connectivity index (χ0n) is 11.4. The van der Waals surface area contributed by atoms with Crippen LogP contribution in [0.15, 0.2) is 21.5 Å². The van der Waals surface area contributed by atoms with Crippen molar-refractivity contribution in [3.8, 4) is 0 Å². The molecule has 0 heterocycles. The maximum atomic E-state index is 14.3. The van der Waals surface area contributed by atoms with Crippen LogP contribution in [0.5, 0.6) is 0 Å². The van der Waals surface area contributed by atoms with E-state index in [0.717, 1.165) is 4.31 Å². The van der Waals surface area contributed by atoms with Crippen LogP contribution in [0.4, 0.5) is 4.39 Å². The van der Waals surface area contributed by atoms with Gasteiger partial charge in [-0.2, -0.15) is 4.31 Å². The fraction of sp³-hybridized carbons (Fsp3) is 0.500. The van der Waals surface area contributed by atoms with Crippen molar-refractivity contribution >= 4 is 26.0 Å². The quantitative estimate of drug-likeness (QED) is 0.884. The van der Waals surface area contributed by atoms with Crippen molar-refractivity contribution in [1.82, 2.24) is 9.62 Å². The molecule has 0 saturated heterocycles. The van der Waals surface area contributed by atoms with Crippen LogP contribution in [-0.4, -0.2) is 32.9 Å². The molecule has 1 rings (SSSR count). The maximum Gasteiger partial charge on any atom is 0.246 e. The van der Waals surface area contributed by atoms with E-state index >= 15 is 0 Å². The smallest absolute Gasteiger partial charge is 0.246 e. The zero-order chi connectivity index (χ0) is 14.8. The summed E-state index contributed by atoms with van der Waals surface area (Å²) in [6.07, 6.45) is 0. The molecule has 108 valence electrons. The number of benzene rings is 1. The Morgan fingerprint density at radius 1 is 1.42 bits per heavy atom. The lowest BCUT2D eigenvalue weighted by molar-refractivity contribution is 0.406. The van der Waals surface area contributed by atoms with Crippen LogP contribution >= 0.6 is 15.9 Å². The van der Waals surface area contributed by atoms with Crippen LogP contribution in [0.2, 0.25) is 0 Å². The van der Waals surface area contributed by atoms with Gasteiger partial charge in [-0.1, -0.05) is 15.9 Å². The van der Waals surface area contributed by atoms with Gasteiger partial charge in [0.2, 0.25) is 10.0 Å². The standard InChI is InChI=1S/C12H18BrFN2O2S/c1-8(2)16(4)19(17,18)11-6-10(13)5-9(7-15-3)12(11)14/h5-6,8,15H,7H2,1-4H3. The van der Waals surface area contributed by atoms with Crippen LogP contribution in [0.25, 0.3) is 0 Å². The number of nitrogens with one attached hydrogen (secondary N) is 1. The minimum absolute atomic E-state index is 0.240. The first-order chi connectivity index (χ1) is 8.71. The zero-order valence-corrected chi connectivity index (χ0v) is 13.8. The second kappa shape index (κ2) is 6.30. The molecule has 0 amide bonds. The van der Waals surface area contributed by atoms with Crippen molar-refractivity contribution < 1.29 is 12.8 Å². The number of halogens is 2. The average Bonchev–Trinajstić information content (AvgIpc) is 2.32. The van der Waals surface area contributed by atoms with Gasteiger partial charge in [-0.25, -0.2) is 12.8 Å². The largest absolute Gasteiger partial charge is 0.316 e. The molecule has 1 aromatic rings. The first-order valence-electron chi connectivity index (χ1n) is 5.82. The van der Waals surface area contributed by atoms with Crippen molar-refractivity contribution in [1.29, 1.82) is 0 Å². The van der Waals surface area contributed by atoms with E-state index in [9.17, 15) is 12.8 Å². The molecule has 0 aliphatic heterocycles. The van der Waals surface area contributed by atoms with Crippen molar-refractivity contribution in [2.45, 2.75) is 31.3 Å². The molecule has 19 heavy (non-hydrogen) atoms. The highest BCUT2D eigenvalue weighted by atomic mass is 79.9. The van der Waals surface area contributed by atoms with E-state index in [4.69, 9.17) is 0 Å². The van der Waals surface area contributed by atoms with Crippen LogP contribution in [0.1, 0.15) is 19.4 Å². The highest BCUT2D eigenvalue weighted by Crippen LogP contribution is 2.26. The molecular formula is C12H18BrFN2O2S. The SMILES string of the molecule is CNCc1cc(Br)cc(S(=O)(=O)N(C)C(C)C)c1F. The van der Waals surface area contributed by atoms with Crippen molar-refractivity contribution in [2.75, 3.05) is 14.1 Å². The van der Waals surface area contributed by atoms with Crippen molar-refractivity contribution in [2.24, 2.45) is 0 Å². The number of nitrogens with zero attached hydrogens (tertiary/aromatic N) is 1. The molecule has 0 bridgehead atoms. The summed E-state index contributed by atoms with van der Waals surface area (Å²) in [5, 5.41) is 2.81. The predicted molar refractivity (Wildman–Crippen MR) is 76.9 cm³/mol. The minimum Gasteiger partial charge on any atom is -0.316 e. The molecule has 0 unspecified atom stereocenters. The molecular weight excluding hydrogens is 335 g/mol. The third kappa shape index (κ3) is 3.53. The summed E-state index contributed by atoms with van der Waals surface area (Å²) in [4.78, 5) is -0.302. The van der Waals surface area contributed by atoms with Gasteiger partial charge >= 0.3 is 0 Å². The third-order valence-electron chi connectivity index (χ3n) is 2.83. The predicted octanol–water partition coefficient (Wildman–Crippen LogP) is 2.34. The Kier molecular flexibility index (Phi) is 5.49. The van der Waals surface area contributed by atoms with Crippen molar-refractivity contribution in [3.05, 3.63) is 28.0 Å². The Morgan fingerprint density at radius 3 is 2.47 bits per heavy atom. The molecule has 7 heteroatoms. The van der Waals surface area contributed by atoms with Crippen LogP contribution in [0.3, 0.4) is 0 Å². The van der Waals surface area contributed by atoms with E-state index < -0.39 is 15.8 Å². The topological polar surface area (TPSA) is 49.4 Å². The molecule has 0 aromatic heterocycles. The Bertz CT molecular complexity index is 561. The van der Waals surface area contributed by atoms with Gasteiger partial charge in [-0.05, 0) is 33.0 Å². The number of hydrogen-bond acceptors (Lipinski definition) is 3. The summed E-state index contributed by atoms with van der Waals surface area (Å²) in [6, 6.07) is 2.62. The summed E-state index contributed by atoms with van der Waals surface area (Å²) in [6.45, 7) is 3.74. The molecule has 4 nitrogen and oxygen atoms in total. The molecule has 0 fully saturated rings. The van der Waals surface area contributed by atoms with E-state index in [1.165, 1.54) is 13.1 Å². The van der Waals surface area contributed by atoms with Gasteiger partial charge in [0.25, 0.3) is 0 Å². The van der Waals surface area contributed by atoms with Crippen LogP contribution in [-0.2, 0) is 16.6 Å².